The third-order valence-corrected chi connectivity index (χ3v) is 9.34. The standard InChI is InChI=1S/C27H33F2N7O4/c1-38-15-3-5-19-17(11-15)27(25(37)32-19)12-18(27)14-2-4-16-20(10-14)34-35-22(16)33-23-21(40-26(28)29)24(31-13-30-23)36-6-8-39-9-7-36/h3,5,11,13-14,16,18,20,22,26,34-35H,2,4,6-10,12H2,1H3,(H,32,37)(H,30,31,33)/t14?,16?,18-,20?,22?,27-/m0/s1. The molecule has 1 aromatic heterocycles. The molecule has 2 aromatic rings. The Labute approximate surface area is 230 Å². The number of halogens is 2. The van der Waals surface area contributed by atoms with Crippen molar-refractivity contribution in [2.24, 2.45) is 17.8 Å². The van der Waals surface area contributed by atoms with Crippen molar-refractivity contribution in [3.05, 3.63) is 30.1 Å². The van der Waals surface area contributed by atoms with E-state index in [1.54, 1.807) is 7.11 Å². The van der Waals surface area contributed by atoms with Crippen LogP contribution in [0.25, 0.3) is 0 Å². The zero-order chi connectivity index (χ0) is 27.4. The number of amides is 1. The second kappa shape index (κ2) is 9.96. The van der Waals surface area contributed by atoms with Crippen molar-refractivity contribution in [2.45, 2.75) is 49.9 Å². The lowest BCUT2D eigenvalue weighted by atomic mass is 9.74. The van der Waals surface area contributed by atoms with Crippen molar-refractivity contribution in [3.8, 4) is 11.5 Å². The van der Waals surface area contributed by atoms with Gasteiger partial charge < -0.3 is 29.7 Å². The van der Waals surface area contributed by atoms with Gasteiger partial charge >= 0.3 is 6.61 Å². The number of rotatable bonds is 7. The highest BCUT2D eigenvalue weighted by molar-refractivity contribution is 6.09. The van der Waals surface area contributed by atoms with E-state index in [0.717, 1.165) is 42.7 Å². The molecule has 5 aliphatic rings. The maximum absolute atomic E-state index is 13.4. The topological polar surface area (TPSA) is 122 Å². The predicted octanol–water partition coefficient (Wildman–Crippen LogP) is 2.46. The number of ether oxygens (including phenoxy) is 3. The van der Waals surface area contributed by atoms with Crippen LogP contribution in [0.1, 0.15) is 31.2 Å². The second-order valence-corrected chi connectivity index (χ2v) is 11.3. The van der Waals surface area contributed by atoms with Gasteiger partial charge in [0.15, 0.2) is 11.6 Å². The molecule has 2 saturated heterocycles. The Morgan fingerprint density at radius 1 is 1.20 bits per heavy atom. The molecule has 2 aliphatic carbocycles. The molecular weight excluding hydrogens is 524 g/mol. The Hall–Kier alpha value is -3.29. The van der Waals surface area contributed by atoms with Crippen LogP contribution in [-0.4, -0.2) is 68.1 Å². The van der Waals surface area contributed by atoms with Crippen LogP contribution in [-0.2, 0) is 14.9 Å². The summed E-state index contributed by atoms with van der Waals surface area (Å²) in [5, 5.41) is 6.39. The van der Waals surface area contributed by atoms with Crippen LogP contribution in [0.2, 0.25) is 0 Å². The smallest absolute Gasteiger partial charge is 0.387 e. The van der Waals surface area contributed by atoms with E-state index < -0.39 is 12.0 Å². The van der Waals surface area contributed by atoms with Gasteiger partial charge in [-0.25, -0.2) is 15.4 Å². The van der Waals surface area contributed by atoms with Crippen molar-refractivity contribution in [3.63, 3.8) is 0 Å². The molecule has 11 nitrogen and oxygen atoms in total. The van der Waals surface area contributed by atoms with Gasteiger partial charge in [0.25, 0.3) is 0 Å². The monoisotopic (exact) mass is 557 g/mol. The van der Waals surface area contributed by atoms with Gasteiger partial charge in [-0.05, 0) is 61.3 Å². The molecule has 1 amide bonds. The summed E-state index contributed by atoms with van der Waals surface area (Å²) in [4.78, 5) is 23.5. The summed E-state index contributed by atoms with van der Waals surface area (Å²) >= 11 is 0. The lowest BCUT2D eigenvalue weighted by Crippen LogP contribution is -2.40. The fraction of sp³-hybridized carbons (Fsp3) is 0.593. The SMILES string of the molecule is COc1ccc2c(c1)[C@]1(C[C@H]1C1CCC3C(C1)NNC3Nc1ncnc(N3CCOCC3)c1OC(F)F)C(=O)N2. The van der Waals surface area contributed by atoms with Crippen LogP contribution >= 0.6 is 0 Å². The number of nitrogens with one attached hydrogen (secondary N) is 4. The first-order valence-corrected chi connectivity index (χ1v) is 13.9. The molecule has 1 spiro atoms. The number of carbonyl (C=O) groups is 1. The number of anilines is 3. The fourth-order valence-corrected chi connectivity index (χ4v) is 7.33. The summed E-state index contributed by atoms with van der Waals surface area (Å²) in [6, 6.07) is 5.97. The van der Waals surface area contributed by atoms with Crippen molar-refractivity contribution in [1.82, 2.24) is 20.8 Å². The third-order valence-electron chi connectivity index (χ3n) is 9.34. The highest BCUT2D eigenvalue weighted by atomic mass is 19.3. The summed E-state index contributed by atoms with van der Waals surface area (Å²) < 4.78 is 42.6. The van der Waals surface area contributed by atoms with Crippen LogP contribution in [0, 0.1) is 17.8 Å². The van der Waals surface area contributed by atoms with E-state index in [1.165, 1.54) is 6.33 Å². The van der Waals surface area contributed by atoms with E-state index in [4.69, 9.17) is 14.2 Å². The molecule has 13 heteroatoms. The molecule has 6 atom stereocenters. The molecule has 7 rings (SSSR count). The molecule has 4 fully saturated rings. The van der Waals surface area contributed by atoms with E-state index >= 15 is 0 Å². The molecule has 2 saturated carbocycles. The normalized spacial score (nSPS) is 32.5. The Kier molecular flexibility index (Phi) is 6.39. The third kappa shape index (κ3) is 4.22. The molecule has 0 radical (unpaired) electrons. The first kappa shape index (κ1) is 25.7. The lowest BCUT2D eigenvalue weighted by Gasteiger charge is -2.34. The Bertz CT molecular complexity index is 1300. The van der Waals surface area contributed by atoms with Crippen LogP contribution in [0.3, 0.4) is 0 Å². The zero-order valence-electron chi connectivity index (χ0n) is 22.2. The molecule has 0 bridgehead atoms. The van der Waals surface area contributed by atoms with E-state index in [1.807, 2.05) is 23.1 Å². The van der Waals surface area contributed by atoms with Gasteiger partial charge in [-0.2, -0.15) is 8.78 Å². The number of methoxy groups -OCH3 is 1. The summed E-state index contributed by atoms with van der Waals surface area (Å²) in [6.07, 6.45) is 4.79. The first-order valence-electron chi connectivity index (χ1n) is 13.9. The number of benzene rings is 1. The number of hydrogen-bond donors (Lipinski definition) is 4. The molecule has 214 valence electrons. The summed E-state index contributed by atoms with van der Waals surface area (Å²) in [5.74, 6) is 2.23. The molecule has 3 aliphatic heterocycles. The van der Waals surface area contributed by atoms with E-state index in [0.29, 0.717) is 38.0 Å². The van der Waals surface area contributed by atoms with Gasteiger partial charge in [-0.1, -0.05) is 0 Å². The molecule has 1 aromatic carbocycles. The average Bonchev–Trinajstić information content (AvgIpc) is 3.52. The predicted molar refractivity (Wildman–Crippen MR) is 141 cm³/mol. The number of nitrogens with zero attached hydrogens (tertiary/aromatic N) is 3. The quantitative estimate of drug-likeness (QED) is 0.404. The minimum atomic E-state index is -3.01. The van der Waals surface area contributed by atoms with Crippen LogP contribution < -0.4 is 35.9 Å². The van der Waals surface area contributed by atoms with Crippen molar-refractivity contribution >= 4 is 23.2 Å². The van der Waals surface area contributed by atoms with Gasteiger partial charge in [-0.3, -0.25) is 10.2 Å². The van der Waals surface area contributed by atoms with Crippen LogP contribution in [0.15, 0.2) is 24.5 Å². The highest BCUT2D eigenvalue weighted by Gasteiger charge is 2.67. The first-order chi connectivity index (χ1) is 19.5. The number of carbonyl (C=O) groups excluding carboxylic acids is 1. The minimum absolute atomic E-state index is 0.0559. The van der Waals surface area contributed by atoms with Gasteiger partial charge in [0.2, 0.25) is 11.7 Å². The molecule has 40 heavy (non-hydrogen) atoms. The number of hydrazine groups is 1. The summed E-state index contributed by atoms with van der Waals surface area (Å²) in [7, 11) is 1.64. The van der Waals surface area contributed by atoms with Gasteiger partial charge in [-0.15, -0.1) is 0 Å². The van der Waals surface area contributed by atoms with Gasteiger partial charge in [0, 0.05) is 30.7 Å². The van der Waals surface area contributed by atoms with Crippen LogP contribution in [0.4, 0.5) is 26.1 Å². The van der Waals surface area contributed by atoms with Crippen molar-refractivity contribution in [2.75, 3.05) is 48.9 Å². The van der Waals surface area contributed by atoms with E-state index in [9.17, 15) is 13.6 Å². The summed E-state index contributed by atoms with van der Waals surface area (Å²) in [5.41, 5.74) is 8.19. The Morgan fingerprint density at radius 2 is 2.05 bits per heavy atom. The Morgan fingerprint density at radius 3 is 2.85 bits per heavy atom. The number of alkyl halides is 2. The highest BCUT2D eigenvalue weighted by Crippen LogP contribution is 2.65. The van der Waals surface area contributed by atoms with Crippen LogP contribution in [0.5, 0.6) is 11.5 Å². The maximum atomic E-state index is 13.4. The van der Waals surface area contributed by atoms with Crippen molar-refractivity contribution < 1.29 is 27.8 Å². The molecular formula is C27H33F2N7O4. The number of hydrogen-bond acceptors (Lipinski definition) is 10. The van der Waals surface area contributed by atoms with Gasteiger partial charge in [0.05, 0.1) is 31.9 Å². The second-order valence-electron chi connectivity index (χ2n) is 11.3. The Balaban J connectivity index is 1.05. The number of aromatic nitrogens is 2. The minimum Gasteiger partial charge on any atom is -0.497 e. The van der Waals surface area contributed by atoms with E-state index in [-0.39, 0.29) is 41.5 Å². The number of fused-ring (bicyclic) bond motifs is 3. The fourth-order valence-electron chi connectivity index (χ4n) is 7.33. The molecule has 4 N–H and O–H groups in total. The maximum Gasteiger partial charge on any atom is 0.387 e. The van der Waals surface area contributed by atoms with Gasteiger partial charge in [0.1, 0.15) is 12.1 Å². The summed E-state index contributed by atoms with van der Waals surface area (Å²) in [6.45, 7) is -0.966. The van der Waals surface area contributed by atoms with Crippen molar-refractivity contribution in [1.29, 1.82) is 0 Å². The average molecular weight is 558 g/mol. The molecule has 4 heterocycles. The lowest BCUT2D eigenvalue weighted by molar-refractivity contribution is -0.118. The van der Waals surface area contributed by atoms with E-state index in [2.05, 4.69) is 31.5 Å². The molecule has 4 unspecified atom stereocenters. The zero-order valence-corrected chi connectivity index (χ0v) is 22.2. The largest absolute Gasteiger partial charge is 0.497 e. The number of morpholine rings is 1.